The first-order valence-corrected chi connectivity index (χ1v) is 9.22. The van der Waals surface area contributed by atoms with Crippen molar-refractivity contribution < 1.29 is 14.3 Å². The van der Waals surface area contributed by atoms with E-state index in [1.807, 2.05) is 6.07 Å². The van der Waals surface area contributed by atoms with Crippen molar-refractivity contribution in [2.24, 2.45) is 0 Å². The van der Waals surface area contributed by atoms with Gasteiger partial charge in [0.2, 0.25) is 0 Å². The largest absolute Gasteiger partial charge is 0.383 e. The molecule has 0 bridgehead atoms. The van der Waals surface area contributed by atoms with Gasteiger partial charge < -0.3 is 9.67 Å². The van der Waals surface area contributed by atoms with Gasteiger partial charge in [0.25, 0.3) is 0 Å². The van der Waals surface area contributed by atoms with E-state index in [1.165, 1.54) is 29.9 Å². The molecule has 1 N–H and O–H groups in total. The highest BCUT2D eigenvalue weighted by Crippen LogP contribution is 2.45. The van der Waals surface area contributed by atoms with Gasteiger partial charge in [-0.2, -0.15) is 5.26 Å². The fraction of sp³-hybridized carbons (Fsp3) is 0.263. The van der Waals surface area contributed by atoms with Crippen molar-refractivity contribution in [1.82, 2.24) is 14.5 Å². The van der Waals surface area contributed by atoms with Gasteiger partial charge in [-0.15, -0.1) is 11.3 Å². The van der Waals surface area contributed by atoms with Crippen LogP contribution in [0.1, 0.15) is 40.7 Å². The summed E-state index contributed by atoms with van der Waals surface area (Å²) in [5.74, 6) is -0.654. The molecule has 0 amide bonds. The van der Waals surface area contributed by atoms with Crippen molar-refractivity contribution in [2.45, 2.75) is 30.9 Å². The van der Waals surface area contributed by atoms with Gasteiger partial charge in [0.1, 0.15) is 17.2 Å². The van der Waals surface area contributed by atoms with Crippen LogP contribution in [-0.2, 0) is 16.8 Å². The third kappa shape index (κ3) is 3.16. The number of hydrogen-bond acceptors (Lipinski definition) is 6. The highest BCUT2D eigenvalue weighted by Gasteiger charge is 2.45. The summed E-state index contributed by atoms with van der Waals surface area (Å²) in [5, 5.41) is 22.6. The van der Waals surface area contributed by atoms with Gasteiger partial charge in [0, 0.05) is 30.0 Å². The number of fused-ring (bicyclic) bond motifs is 1. The number of rotatable bonds is 5. The zero-order valence-corrected chi connectivity index (χ0v) is 15.0. The van der Waals surface area contributed by atoms with Crippen LogP contribution in [0.3, 0.4) is 0 Å². The van der Waals surface area contributed by atoms with Gasteiger partial charge in [0.05, 0.1) is 47.3 Å². The Morgan fingerprint density at radius 1 is 1.52 bits per heavy atom. The Bertz CT molecular complexity index is 1040. The first-order valence-electron chi connectivity index (χ1n) is 8.34. The quantitative estimate of drug-likeness (QED) is 0.733. The van der Waals surface area contributed by atoms with Gasteiger partial charge in [0.15, 0.2) is 0 Å². The van der Waals surface area contributed by atoms with Gasteiger partial charge in [-0.05, 0) is 12.1 Å². The fourth-order valence-electron chi connectivity index (χ4n) is 3.62. The molecule has 2 atom stereocenters. The Hall–Kier alpha value is -2.89. The molecule has 4 rings (SSSR count). The normalized spacial score (nSPS) is 21.0. The summed E-state index contributed by atoms with van der Waals surface area (Å²) in [7, 11) is 0. The van der Waals surface area contributed by atoms with E-state index in [9.17, 15) is 14.3 Å². The van der Waals surface area contributed by atoms with Crippen LogP contribution in [0.2, 0.25) is 0 Å². The highest BCUT2D eigenvalue weighted by atomic mass is 32.1. The van der Waals surface area contributed by atoms with Crippen molar-refractivity contribution in [3.8, 4) is 6.07 Å². The van der Waals surface area contributed by atoms with E-state index in [-0.39, 0.29) is 30.6 Å². The van der Waals surface area contributed by atoms with E-state index in [0.717, 1.165) is 0 Å². The molecule has 0 aliphatic carbocycles. The standard InChI is InChI=1S/C19H15FN4O2S/c20-15-5-12(9-21)1-2-14(15)16-8-19(26,17-10-22-11-24(16)17)7-13(25)6-18-23-3-4-27-18/h1-5,10-11,16,26H,6-8H2/t16-,19-/m1/s1. The zero-order valence-electron chi connectivity index (χ0n) is 14.2. The number of carbonyl (C=O) groups excluding carboxylic acids is 1. The number of imidazole rings is 1. The number of benzene rings is 1. The van der Waals surface area contributed by atoms with E-state index in [1.54, 1.807) is 28.3 Å². The van der Waals surface area contributed by atoms with Gasteiger partial charge >= 0.3 is 0 Å². The average molecular weight is 382 g/mol. The third-order valence-corrected chi connectivity index (χ3v) is 5.60. The topological polar surface area (TPSA) is 91.8 Å². The summed E-state index contributed by atoms with van der Waals surface area (Å²) < 4.78 is 16.2. The molecular weight excluding hydrogens is 367 g/mol. The number of nitriles is 1. The second kappa shape index (κ2) is 6.68. The number of nitrogens with zero attached hydrogens (tertiary/aromatic N) is 4. The van der Waals surface area contributed by atoms with Crippen LogP contribution in [0.15, 0.2) is 42.3 Å². The maximum Gasteiger partial charge on any atom is 0.142 e. The van der Waals surface area contributed by atoms with Crippen molar-refractivity contribution >= 4 is 17.1 Å². The number of aromatic nitrogens is 3. The van der Waals surface area contributed by atoms with Crippen molar-refractivity contribution in [2.75, 3.05) is 0 Å². The lowest BCUT2D eigenvalue weighted by atomic mass is 9.88. The predicted molar refractivity (Wildman–Crippen MR) is 95.4 cm³/mol. The molecule has 136 valence electrons. The summed E-state index contributed by atoms with van der Waals surface area (Å²) in [6, 6.07) is 5.68. The Kier molecular flexibility index (Phi) is 4.34. The number of Topliss-reactive ketones (excluding diaryl/α,β-unsaturated/α-hetero) is 1. The van der Waals surface area contributed by atoms with Crippen molar-refractivity contribution in [3.05, 3.63) is 69.9 Å². The summed E-state index contributed by atoms with van der Waals surface area (Å²) in [5.41, 5.74) is -0.343. The molecule has 0 spiro atoms. The lowest BCUT2D eigenvalue weighted by Crippen LogP contribution is -2.27. The Balaban J connectivity index is 1.62. The molecule has 0 radical (unpaired) electrons. The lowest BCUT2D eigenvalue weighted by Gasteiger charge is -2.21. The molecular formula is C19H15FN4O2S. The van der Waals surface area contributed by atoms with Crippen molar-refractivity contribution in [3.63, 3.8) is 0 Å². The summed E-state index contributed by atoms with van der Waals surface area (Å²) in [4.78, 5) is 20.6. The minimum atomic E-state index is -1.42. The fourth-order valence-corrected chi connectivity index (χ4v) is 4.27. The smallest absolute Gasteiger partial charge is 0.142 e. The van der Waals surface area contributed by atoms with E-state index in [2.05, 4.69) is 9.97 Å². The van der Waals surface area contributed by atoms with Gasteiger partial charge in [-0.25, -0.2) is 14.4 Å². The number of carbonyl (C=O) groups is 1. The van der Waals surface area contributed by atoms with Crippen LogP contribution in [0.4, 0.5) is 4.39 Å². The summed E-state index contributed by atoms with van der Waals surface area (Å²) >= 11 is 1.39. The second-order valence-electron chi connectivity index (χ2n) is 6.60. The monoisotopic (exact) mass is 382 g/mol. The molecule has 3 heterocycles. The van der Waals surface area contributed by atoms with E-state index < -0.39 is 17.5 Å². The maximum atomic E-state index is 14.5. The molecule has 1 aliphatic heterocycles. The molecule has 27 heavy (non-hydrogen) atoms. The number of aliphatic hydroxyl groups is 1. The molecule has 0 unspecified atom stereocenters. The second-order valence-corrected chi connectivity index (χ2v) is 7.58. The van der Waals surface area contributed by atoms with Crippen LogP contribution in [-0.4, -0.2) is 25.4 Å². The van der Waals surface area contributed by atoms with Crippen LogP contribution in [0, 0.1) is 17.1 Å². The average Bonchev–Trinajstić information content (AvgIpc) is 3.35. The molecule has 0 fully saturated rings. The molecule has 1 aromatic carbocycles. The van der Waals surface area contributed by atoms with Crippen molar-refractivity contribution in [1.29, 1.82) is 5.26 Å². The first-order chi connectivity index (χ1) is 13.0. The Morgan fingerprint density at radius 3 is 3.07 bits per heavy atom. The molecule has 0 saturated carbocycles. The number of hydrogen-bond donors (Lipinski definition) is 1. The van der Waals surface area contributed by atoms with E-state index >= 15 is 0 Å². The molecule has 2 aromatic heterocycles. The van der Waals surface area contributed by atoms with Crippen LogP contribution in [0.5, 0.6) is 0 Å². The van der Waals surface area contributed by atoms with Crippen LogP contribution < -0.4 is 0 Å². The van der Waals surface area contributed by atoms with E-state index in [4.69, 9.17) is 5.26 Å². The summed E-state index contributed by atoms with van der Waals surface area (Å²) in [6.07, 6.45) is 4.91. The lowest BCUT2D eigenvalue weighted by molar-refractivity contribution is -0.123. The van der Waals surface area contributed by atoms with E-state index in [0.29, 0.717) is 16.3 Å². The first kappa shape index (κ1) is 17.5. The Morgan fingerprint density at radius 2 is 2.37 bits per heavy atom. The van der Waals surface area contributed by atoms with Crippen LogP contribution >= 0.6 is 11.3 Å². The Labute approximate surface area is 158 Å². The number of halogens is 1. The highest BCUT2D eigenvalue weighted by molar-refractivity contribution is 7.09. The molecule has 8 heteroatoms. The number of ketones is 1. The van der Waals surface area contributed by atoms with Crippen LogP contribution in [0.25, 0.3) is 0 Å². The minimum Gasteiger partial charge on any atom is -0.383 e. The summed E-state index contributed by atoms with van der Waals surface area (Å²) in [6.45, 7) is 0. The number of thiazole rings is 1. The molecule has 3 aromatic rings. The van der Waals surface area contributed by atoms with Gasteiger partial charge in [-0.1, -0.05) is 6.07 Å². The third-order valence-electron chi connectivity index (χ3n) is 4.82. The van der Waals surface area contributed by atoms with Gasteiger partial charge in [-0.3, -0.25) is 4.79 Å². The zero-order chi connectivity index (χ0) is 19.0. The SMILES string of the molecule is N#Cc1ccc([C@H]2C[C@](O)(CC(=O)Cc3nccs3)c3cncn32)c(F)c1. The molecule has 1 aliphatic rings. The maximum absolute atomic E-state index is 14.5. The minimum absolute atomic E-state index is 0.0906. The molecule has 0 saturated heterocycles. The molecule has 6 nitrogen and oxygen atoms in total. The predicted octanol–water partition coefficient (Wildman–Crippen LogP) is 2.73.